The zero-order valence-corrected chi connectivity index (χ0v) is 11.8. The highest BCUT2D eigenvalue weighted by Gasteiger charge is 2.29. The van der Waals surface area contributed by atoms with Crippen molar-refractivity contribution in [2.75, 3.05) is 14.1 Å². The SMILES string of the molecule is CN(C)C(C)(C)C(=O)Cc1cccc(Br)c1. The van der Waals surface area contributed by atoms with Crippen molar-refractivity contribution in [1.82, 2.24) is 4.90 Å². The number of ketones is 1. The molecule has 0 saturated carbocycles. The maximum Gasteiger partial charge on any atom is 0.156 e. The van der Waals surface area contributed by atoms with E-state index in [2.05, 4.69) is 15.9 Å². The standard InChI is InChI=1S/C13H18BrNO/c1-13(2,15(3)4)12(16)9-10-6-5-7-11(14)8-10/h5-8H,9H2,1-4H3. The van der Waals surface area contributed by atoms with E-state index < -0.39 is 5.54 Å². The Hall–Kier alpha value is -0.670. The second kappa shape index (κ2) is 5.11. The van der Waals surface area contributed by atoms with Crippen molar-refractivity contribution in [2.45, 2.75) is 25.8 Å². The van der Waals surface area contributed by atoms with Gasteiger partial charge in [0.2, 0.25) is 0 Å². The lowest BCUT2D eigenvalue weighted by atomic mass is 9.92. The van der Waals surface area contributed by atoms with Crippen LogP contribution in [0.4, 0.5) is 0 Å². The molecule has 1 aromatic carbocycles. The molecule has 1 aromatic rings. The molecule has 0 N–H and O–H groups in total. The topological polar surface area (TPSA) is 20.3 Å². The summed E-state index contributed by atoms with van der Waals surface area (Å²) in [6.45, 7) is 3.90. The molecule has 0 aromatic heterocycles. The number of benzene rings is 1. The van der Waals surface area contributed by atoms with Gasteiger partial charge in [-0.3, -0.25) is 9.69 Å². The molecule has 16 heavy (non-hydrogen) atoms. The molecule has 0 fully saturated rings. The van der Waals surface area contributed by atoms with Gasteiger partial charge in [-0.2, -0.15) is 0 Å². The maximum atomic E-state index is 12.1. The van der Waals surface area contributed by atoms with E-state index in [1.165, 1.54) is 0 Å². The Balaban J connectivity index is 2.79. The van der Waals surface area contributed by atoms with E-state index in [-0.39, 0.29) is 5.78 Å². The van der Waals surface area contributed by atoms with Crippen LogP contribution in [0.25, 0.3) is 0 Å². The summed E-state index contributed by atoms with van der Waals surface area (Å²) >= 11 is 3.41. The van der Waals surface area contributed by atoms with Gasteiger partial charge in [0.05, 0.1) is 5.54 Å². The summed E-state index contributed by atoms with van der Waals surface area (Å²) in [6, 6.07) is 7.89. The molecule has 88 valence electrons. The quantitative estimate of drug-likeness (QED) is 0.847. The van der Waals surface area contributed by atoms with Crippen molar-refractivity contribution in [3.63, 3.8) is 0 Å². The Morgan fingerprint density at radius 2 is 2.00 bits per heavy atom. The minimum absolute atomic E-state index is 0.232. The fourth-order valence-electron chi connectivity index (χ4n) is 1.30. The lowest BCUT2D eigenvalue weighted by Crippen LogP contribution is -2.46. The molecule has 0 heterocycles. The molecule has 0 radical (unpaired) electrons. The van der Waals surface area contributed by atoms with Gasteiger partial charge in [0.1, 0.15) is 0 Å². The number of hydrogen-bond acceptors (Lipinski definition) is 2. The van der Waals surface area contributed by atoms with E-state index in [1.807, 2.05) is 57.1 Å². The van der Waals surface area contributed by atoms with Crippen molar-refractivity contribution in [3.05, 3.63) is 34.3 Å². The molecular formula is C13H18BrNO. The molecule has 0 amide bonds. The van der Waals surface area contributed by atoms with Gasteiger partial charge in [-0.15, -0.1) is 0 Å². The predicted octanol–water partition coefficient (Wildman–Crippen LogP) is 2.90. The summed E-state index contributed by atoms with van der Waals surface area (Å²) in [4.78, 5) is 14.1. The van der Waals surface area contributed by atoms with Gasteiger partial charge in [0, 0.05) is 10.9 Å². The summed E-state index contributed by atoms with van der Waals surface area (Å²) in [5, 5.41) is 0. The summed E-state index contributed by atoms with van der Waals surface area (Å²) in [5.74, 6) is 0.232. The number of carbonyl (C=O) groups is 1. The first-order valence-electron chi connectivity index (χ1n) is 5.29. The minimum atomic E-state index is -0.414. The molecule has 0 unspecified atom stereocenters. The number of halogens is 1. The van der Waals surface area contributed by atoms with Crippen LogP contribution in [0.1, 0.15) is 19.4 Å². The average Bonchev–Trinajstić information content (AvgIpc) is 2.17. The molecule has 0 aliphatic carbocycles. The number of hydrogen-bond donors (Lipinski definition) is 0. The van der Waals surface area contributed by atoms with E-state index in [0.717, 1.165) is 10.0 Å². The van der Waals surface area contributed by atoms with Crippen molar-refractivity contribution in [2.24, 2.45) is 0 Å². The Kier molecular flexibility index (Phi) is 4.28. The number of Topliss-reactive ketones (excluding diaryl/α,β-unsaturated/α-hetero) is 1. The van der Waals surface area contributed by atoms with Crippen molar-refractivity contribution in [1.29, 1.82) is 0 Å². The van der Waals surface area contributed by atoms with E-state index >= 15 is 0 Å². The summed E-state index contributed by atoms with van der Waals surface area (Å²) in [5.41, 5.74) is 0.636. The maximum absolute atomic E-state index is 12.1. The first-order valence-corrected chi connectivity index (χ1v) is 6.08. The molecule has 0 saturated heterocycles. The normalized spacial score (nSPS) is 11.9. The molecule has 0 spiro atoms. The number of nitrogens with zero attached hydrogens (tertiary/aromatic N) is 1. The monoisotopic (exact) mass is 283 g/mol. The predicted molar refractivity (Wildman–Crippen MR) is 70.6 cm³/mol. The van der Waals surface area contributed by atoms with Gasteiger partial charge in [0.25, 0.3) is 0 Å². The summed E-state index contributed by atoms with van der Waals surface area (Å²) < 4.78 is 1.01. The zero-order valence-electron chi connectivity index (χ0n) is 10.2. The number of carbonyl (C=O) groups excluding carboxylic acids is 1. The van der Waals surface area contributed by atoms with Crippen LogP contribution >= 0.6 is 15.9 Å². The third-order valence-corrected chi connectivity index (χ3v) is 3.55. The number of likely N-dealkylation sites (N-methyl/N-ethyl adjacent to an activating group) is 1. The van der Waals surface area contributed by atoms with E-state index in [1.54, 1.807) is 0 Å². The van der Waals surface area contributed by atoms with Gasteiger partial charge < -0.3 is 0 Å². The van der Waals surface area contributed by atoms with Gasteiger partial charge in [-0.1, -0.05) is 28.1 Å². The van der Waals surface area contributed by atoms with E-state index in [0.29, 0.717) is 6.42 Å². The first kappa shape index (κ1) is 13.4. The van der Waals surface area contributed by atoms with Gasteiger partial charge in [-0.25, -0.2) is 0 Å². The van der Waals surface area contributed by atoms with Crippen molar-refractivity contribution >= 4 is 21.7 Å². The Morgan fingerprint density at radius 3 is 2.50 bits per heavy atom. The Bertz CT molecular complexity index is 385. The number of rotatable bonds is 4. The highest BCUT2D eigenvalue weighted by atomic mass is 79.9. The van der Waals surface area contributed by atoms with Crippen molar-refractivity contribution < 1.29 is 4.79 Å². The Labute approximate surface area is 106 Å². The van der Waals surface area contributed by atoms with Crippen molar-refractivity contribution in [3.8, 4) is 0 Å². The summed E-state index contributed by atoms with van der Waals surface area (Å²) in [7, 11) is 3.86. The molecule has 1 rings (SSSR count). The Morgan fingerprint density at radius 1 is 1.38 bits per heavy atom. The fraction of sp³-hybridized carbons (Fsp3) is 0.462. The highest BCUT2D eigenvalue weighted by Crippen LogP contribution is 2.17. The molecule has 0 aliphatic rings. The van der Waals surface area contributed by atoms with Crippen LogP contribution in [0.3, 0.4) is 0 Å². The van der Waals surface area contributed by atoms with Crippen LogP contribution in [0.2, 0.25) is 0 Å². The van der Waals surface area contributed by atoms with Crippen LogP contribution in [0, 0.1) is 0 Å². The van der Waals surface area contributed by atoms with Gasteiger partial charge in [-0.05, 0) is 45.6 Å². The van der Waals surface area contributed by atoms with Crippen LogP contribution in [-0.4, -0.2) is 30.3 Å². The zero-order chi connectivity index (χ0) is 12.3. The van der Waals surface area contributed by atoms with Crippen LogP contribution < -0.4 is 0 Å². The molecule has 0 bridgehead atoms. The van der Waals surface area contributed by atoms with E-state index in [4.69, 9.17) is 0 Å². The highest BCUT2D eigenvalue weighted by molar-refractivity contribution is 9.10. The minimum Gasteiger partial charge on any atom is -0.298 e. The third-order valence-electron chi connectivity index (χ3n) is 3.05. The average molecular weight is 284 g/mol. The molecule has 3 heteroatoms. The lowest BCUT2D eigenvalue weighted by Gasteiger charge is -2.30. The van der Waals surface area contributed by atoms with Crippen LogP contribution in [0.5, 0.6) is 0 Å². The molecule has 0 aliphatic heterocycles. The van der Waals surface area contributed by atoms with Gasteiger partial charge in [0.15, 0.2) is 5.78 Å². The first-order chi connectivity index (χ1) is 7.34. The van der Waals surface area contributed by atoms with Crippen LogP contribution in [0.15, 0.2) is 28.7 Å². The largest absolute Gasteiger partial charge is 0.298 e. The molecule has 0 atom stereocenters. The van der Waals surface area contributed by atoms with Crippen LogP contribution in [-0.2, 0) is 11.2 Å². The fourth-order valence-corrected chi connectivity index (χ4v) is 1.74. The molecular weight excluding hydrogens is 266 g/mol. The smallest absolute Gasteiger partial charge is 0.156 e. The molecule has 2 nitrogen and oxygen atoms in total. The second-order valence-corrected chi connectivity index (χ2v) is 5.60. The van der Waals surface area contributed by atoms with E-state index in [9.17, 15) is 4.79 Å². The third kappa shape index (κ3) is 3.16. The summed E-state index contributed by atoms with van der Waals surface area (Å²) in [6.07, 6.45) is 0.477. The lowest BCUT2D eigenvalue weighted by molar-refractivity contribution is -0.127. The van der Waals surface area contributed by atoms with Gasteiger partial charge >= 0.3 is 0 Å². The second-order valence-electron chi connectivity index (χ2n) is 4.68.